The molecule has 0 saturated carbocycles. The smallest absolute Gasteiger partial charge is 0.408 e. The molecule has 0 aliphatic rings. The highest BCUT2D eigenvalue weighted by Gasteiger charge is 2.09. The van der Waals surface area contributed by atoms with Crippen LogP contribution in [0.5, 0.6) is 0 Å². The van der Waals surface area contributed by atoms with Gasteiger partial charge in [-0.25, -0.2) is 9.78 Å². The maximum Gasteiger partial charge on any atom is 0.417 e. The van der Waals surface area contributed by atoms with Gasteiger partial charge in [0.15, 0.2) is 5.58 Å². The quantitative estimate of drug-likeness (QED) is 0.625. The first-order chi connectivity index (χ1) is 9.61. The number of nitrogens with one attached hydrogen (secondary N) is 3. The van der Waals surface area contributed by atoms with Crippen molar-refractivity contribution in [1.29, 1.82) is 0 Å². The predicted octanol–water partition coefficient (Wildman–Crippen LogP) is 0.457. The number of fused-ring (bicyclic) bond motifs is 1. The lowest BCUT2D eigenvalue weighted by molar-refractivity contribution is 0.102. The van der Waals surface area contributed by atoms with E-state index in [1.165, 1.54) is 6.20 Å². The molecule has 8 heteroatoms. The van der Waals surface area contributed by atoms with Crippen LogP contribution >= 0.6 is 0 Å². The maximum absolute atomic E-state index is 11.9. The molecule has 0 unspecified atom stereocenters. The van der Waals surface area contributed by atoms with Crippen molar-refractivity contribution >= 4 is 22.7 Å². The van der Waals surface area contributed by atoms with Gasteiger partial charge in [-0.15, -0.1) is 0 Å². The third-order valence-electron chi connectivity index (χ3n) is 2.58. The first kappa shape index (κ1) is 11.9. The van der Waals surface area contributed by atoms with Gasteiger partial charge in [-0.05, 0) is 18.2 Å². The Hall–Kier alpha value is -3.16. The fourth-order valence-electron chi connectivity index (χ4n) is 1.69. The van der Waals surface area contributed by atoms with E-state index in [0.29, 0.717) is 16.8 Å². The lowest BCUT2D eigenvalue weighted by Crippen LogP contribution is -2.16. The Morgan fingerprint density at radius 1 is 1.30 bits per heavy atom. The first-order valence-corrected chi connectivity index (χ1v) is 5.61. The molecule has 0 radical (unpaired) electrons. The number of hydrogen-bond donors (Lipinski definition) is 3. The van der Waals surface area contributed by atoms with Crippen LogP contribution in [-0.2, 0) is 0 Å². The van der Waals surface area contributed by atoms with Crippen molar-refractivity contribution in [3.8, 4) is 0 Å². The number of carbonyl (C=O) groups is 1. The lowest BCUT2D eigenvalue weighted by atomic mass is 10.3. The molecule has 3 aromatic rings. The molecule has 0 aliphatic carbocycles. The van der Waals surface area contributed by atoms with E-state index < -0.39 is 11.7 Å². The van der Waals surface area contributed by atoms with Crippen LogP contribution in [0.25, 0.3) is 11.1 Å². The van der Waals surface area contributed by atoms with Gasteiger partial charge in [-0.3, -0.25) is 14.6 Å². The monoisotopic (exact) mass is 272 g/mol. The summed E-state index contributed by atoms with van der Waals surface area (Å²) in [7, 11) is 0. The Balaban J connectivity index is 1.88. The summed E-state index contributed by atoms with van der Waals surface area (Å²) in [6, 6.07) is 4.70. The van der Waals surface area contributed by atoms with Crippen LogP contribution in [0.4, 0.5) is 5.69 Å². The molecule has 1 aromatic carbocycles. The van der Waals surface area contributed by atoms with E-state index in [-0.39, 0.29) is 11.3 Å². The minimum atomic E-state index is -0.564. The largest absolute Gasteiger partial charge is 0.417 e. The fraction of sp³-hybridized carbons (Fsp3) is 0. The van der Waals surface area contributed by atoms with Crippen molar-refractivity contribution in [3.05, 3.63) is 57.2 Å². The Bertz CT molecular complexity index is 885. The zero-order valence-electron chi connectivity index (χ0n) is 9.97. The average molecular weight is 272 g/mol. The number of carbonyl (C=O) groups excluding carboxylic acids is 1. The molecule has 0 fully saturated rings. The van der Waals surface area contributed by atoms with Crippen molar-refractivity contribution in [1.82, 2.24) is 15.0 Å². The normalized spacial score (nSPS) is 10.6. The third-order valence-corrected chi connectivity index (χ3v) is 2.58. The molecule has 0 bridgehead atoms. The molecule has 0 aliphatic heterocycles. The minimum absolute atomic E-state index is 0.0744. The Kier molecular flexibility index (Phi) is 2.68. The van der Waals surface area contributed by atoms with E-state index in [9.17, 15) is 14.4 Å². The molecule has 1 amide bonds. The summed E-state index contributed by atoms with van der Waals surface area (Å²) >= 11 is 0. The van der Waals surface area contributed by atoms with Crippen LogP contribution < -0.4 is 16.6 Å². The van der Waals surface area contributed by atoms with Crippen LogP contribution in [0.3, 0.4) is 0 Å². The standard InChI is InChI=1S/C12H8N4O4/c17-10-5-13-8(4-14-10)11(18)15-6-1-2-9-7(3-6)16-12(19)20-9/h1-5H,(H,14,17)(H,15,18)(H,16,19). The zero-order chi connectivity index (χ0) is 14.1. The summed E-state index contributed by atoms with van der Waals surface area (Å²) in [5, 5.41) is 2.59. The second-order valence-corrected chi connectivity index (χ2v) is 3.98. The molecule has 3 N–H and O–H groups in total. The van der Waals surface area contributed by atoms with Crippen molar-refractivity contribution in [3.63, 3.8) is 0 Å². The van der Waals surface area contributed by atoms with E-state index in [4.69, 9.17) is 4.42 Å². The molecule has 0 saturated heterocycles. The molecule has 20 heavy (non-hydrogen) atoms. The average Bonchev–Trinajstić information content (AvgIpc) is 2.78. The first-order valence-electron chi connectivity index (χ1n) is 5.61. The number of rotatable bonds is 2. The highest BCUT2D eigenvalue weighted by Crippen LogP contribution is 2.16. The Morgan fingerprint density at radius 2 is 2.15 bits per heavy atom. The van der Waals surface area contributed by atoms with Gasteiger partial charge in [-0.1, -0.05) is 0 Å². The SMILES string of the molecule is O=C(Nc1ccc2oc(=O)[nH]c2c1)c1c[nH]c(=O)cn1. The third kappa shape index (κ3) is 2.21. The van der Waals surface area contributed by atoms with E-state index in [0.717, 1.165) is 6.20 Å². The number of aromatic amines is 2. The molecule has 2 aromatic heterocycles. The molecule has 2 heterocycles. The molecule has 3 rings (SSSR count). The summed E-state index contributed by atoms with van der Waals surface area (Å²) in [6.07, 6.45) is 2.24. The van der Waals surface area contributed by atoms with Gasteiger partial charge in [0, 0.05) is 11.9 Å². The van der Waals surface area contributed by atoms with Gasteiger partial charge in [0.2, 0.25) is 0 Å². The molecule has 8 nitrogen and oxygen atoms in total. The zero-order valence-corrected chi connectivity index (χ0v) is 9.97. The van der Waals surface area contributed by atoms with Gasteiger partial charge >= 0.3 is 5.76 Å². The van der Waals surface area contributed by atoms with E-state index >= 15 is 0 Å². The van der Waals surface area contributed by atoms with Crippen LogP contribution in [0.15, 0.2) is 44.6 Å². The number of hydrogen-bond acceptors (Lipinski definition) is 5. The van der Waals surface area contributed by atoms with Crippen molar-refractivity contribution in [2.75, 3.05) is 5.32 Å². The second kappa shape index (κ2) is 4.50. The summed E-state index contributed by atoms with van der Waals surface area (Å²) in [5.74, 6) is -1.04. The summed E-state index contributed by atoms with van der Waals surface area (Å²) in [6.45, 7) is 0. The molecular weight excluding hydrogens is 264 g/mol. The molecule has 0 atom stereocenters. The summed E-state index contributed by atoms with van der Waals surface area (Å²) in [4.78, 5) is 42.3. The lowest BCUT2D eigenvalue weighted by Gasteiger charge is -2.03. The van der Waals surface area contributed by atoms with Crippen LogP contribution in [-0.4, -0.2) is 20.9 Å². The maximum atomic E-state index is 11.9. The fourth-order valence-corrected chi connectivity index (χ4v) is 1.69. The number of benzene rings is 1. The topological polar surface area (TPSA) is 121 Å². The number of aromatic nitrogens is 3. The van der Waals surface area contributed by atoms with Gasteiger partial charge in [-0.2, -0.15) is 0 Å². The van der Waals surface area contributed by atoms with Gasteiger partial charge in [0.05, 0.1) is 11.7 Å². The van der Waals surface area contributed by atoms with Gasteiger partial charge < -0.3 is 14.7 Å². The van der Waals surface area contributed by atoms with Crippen molar-refractivity contribution in [2.24, 2.45) is 0 Å². The highest BCUT2D eigenvalue weighted by molar-refractivity contribution is 6.03. The number of amides is 1. The number of nitrogens with zero attached hydrogens (tertiary/aromatic N) is 1. The van der Waals surface area contributed by atoms with Gasteiger partial charge in [0.25, 0.3) is 11.5 Å². The van der Waals surface area contributed by atoms with Crippen LogP contribution in [0.2, 0.25) is 0 Å². The summed E-state index contributed by atoms with van der Waals surface area (Å²) < 4.78 is 4.85. The Morgan fingerprint density at radius 3 is 2.90 bits per heavy atom. The number of oxazole rings is 1. The number of anilines is 1. The Labute approximate surface area is 110 Å². The van der Waals surface area contributed by atoms with E-state index in [2.05, 4.69) is 20.3 Å². The number of H-pyrrole nitrogens is 2. The molecule has 100 valence electrons. The van der Waals surface area contributed by atoms with E-state index in [1.807, 2.05) is 0 Å². The van der Waals surface area contributed by atoms with Crippen molar-refractivity contribution in [2.45, 2.75) is 0 Å². The summed E-state index contributed by atoms with van der Waals surface area (Å²) in [5.41, 5.74) is 1.02. The molecular formula is C12H8N4O4. The molecule has 0 spiro atoms. The highest BCUT2D eigenvalue weighted by atomic mass is 16.4. The van der Waals surface area contributed by atoms with Crippen LogP contribution in [0, 0.1) is 0 Å². The van der Waals surface area contributed by atoms with Crippen LogP contribution in [0.1, 0.15) is 10.5 Å². The second-order valence-electron chi connectivity index (χ2n) is 3.98. The van der Waals surface area contributed by atoms with Gasteiger partial charge in [0.1, 0.15) is 5.69 Å². The minimum Gasteiger partial charge on any atom is -0.408 e. The van der Waals surface area contributed by atoms with Crippen molar-refractivity contribution < 1.29 is 9.21 Å². The predicted molar refractivity (Wildman–Crippen MR) is 69.6 cm³/mol. The van der Waals surface area contributed by atoms with E-state index in [1.54, 1.807) is 18.2 Å².